The zero-order valence-corrected chi connectivity index (χ0v) is 17.6. The topological polar surface area (TPSA) is 69.8 Å². The molecule has 0 amide bonds. The minimum absolute atomic E-state index is 0.100. The molecule has 1 aliphatic rings. The molecule has 0 unspecified atom stereocenters. The summed E-state index contributed by atoms with van der Waals surface area (Å²) in [6.45, 7) is 11.6. The molecule has 1 saturated heterocycles. The number of piperidine rings is 1. The summed E-state index contributed by atoms with van der Waals surface area (Å²) in [6.07, 6.45) is 7.87. The highest BCUT2D eigenvalue weighted by molar-refractivity contribution is 5.79. The lowest BCUT2D eigenvalue weighted by molar-refractivity contribution is 0.102. The number of aromatic nitrogens is 3. The molecule has 28 heavy (non-hydrogen) atoms. The van der Waals surface area contributed by atoms with Crippen molar-refractivity contribution in [2.24, 2.45) is 4.99 Å². The maximum atomic E-state index is 4.86. The maximum Gasteiger partial charge on any atom is 0.191 e. The number of hydrogen-bond acceptors (Lipinski definition) is 4. The zero-order chi connectivity index (χ0) is 19.8. The van der Waals surface area contributed by atoms with Gasteiger partial charge in [-0.1, -0.05) is 12.5 Å². The Morgan fingerprint density at radius 3 is 2.75 bits per heavy atom. The maximum absolute atomic E-state index is 4.86. The van der Waals surface area contributed by atoms with Crippen LogP contribution in [0.15, 0.2) is 29.4 Å². The first-order valence-electron chi connectivity index (χ1n) is 10.7. The number of hydrogen-bond donors (Lipinski definition) is 2. The molecule has 3 heterocycles. The Bertz CT molecular complexity index is 759. The number of fused-ring (bicyclic) bond motifs is 1. The molecule has 154 valence electrons. The van der Waals surface area contributed by atoms with Gasteiger partial charge in [0.2, 0.25) is 0 Å². The highest BCUT2D eigenvalue weighted by Gasteiger charge is 2.27. The number of pyridine rings is 1. The van der Waals surface area contributed by atoms with E-state index in [0.29, 0.717) is 0 Å². The Hall–Kier alpha value is -2.15. The number of guanidine groups is 1. The van der Waals surface area contributed by atoms with Crippen LogP contribution in [-0.4, -0.2) is 63.7 Å². The van der Waals surface area contributed by atoms with Crippen molar-refractivity contribution in [3.05, 3.63) is 30.2 Å². The van der Waals surface area contributed by atoms with E-state index in [4.69, 9.17) is 4.99 Å². The molecule has 0 atom stereocenters. The Balaban J connectivity index is 1.49. The smallest absolute Gasteiger partial charge is 0.191 e. The SMILES string of the molecule is CCNC(=NCC(C)(C)N1CCCCC1)NCCCc1nnc2ccccn12. The number of likely N-dealkylation sites (tertiary alicyclic amines) is 1. The number of aryl methyl sites for hydroxylation is 1. The molecule has 7 nitrogen and oxygen atoms in total. The molecule has 0 radical (unpaired) electrons. The van der Waals surface area contributed by atoms with Crippen LogP contribution in [0, 0.1) is 0 Å². The molecule has 2 aromatic rings. The minimum Gasteiger partial charge on any atom is -0.357 e. The highest BCUT2D eigenvalue weighted by Crippen LogP contribution is 2.20. The molecule has 0 aromatic carbocycles. The summed E-state index contributed by atoms with van der Waals surface area (Å²) in [6, 6.07) is 5.98. The number of nitrogens with one attached hydrogen (secondary N) is 2. The molecule has 1 fully saturated rings. The first kappa shape index (κ1) is 20.6. The van der Waals surface area contributed by atoms with Gasteiger partial charge in [-0.2, -0.15) is 0 Å². The lowest BCUT2D eigenvalue weighted by atomic mass is 9.99. The van der Waals surface area contributed by atoms with Gasteiger partial charge in [-0.15, -0.1) is 10.2 Å². The van der Waals surface area contributed by atoms with Gasteiger partial charge >= 0.3 is 0 Å². The molecule has 0 aliphatic carbocycles. The minimum atomic E-state index is 0.100. The first-order valence-corrected chi connectivity index (χ1v) is 10.7. The Morgan fingerprint density at radius 2 is 1.96 bits per heavy atom. The van der Waals surface area contributed by atoms with Crippen LogP contribution < -0.4 is 10.6 Å². The molecule has 0 spiro atoms. The van der Waals surface area contributed by atoms with Crippen LogP contribution >= 0.6 is 0 Å². The molecular formula is C21H35N7. The molecule has 7 heteroatoms. The number of nitrogens with zero attached hydrogens (tertiary/aromatic N) is 5. The molecular weight excluding hydrogens is 350 g/mol. The van der Waals surface area contributed by atoms with Crippen LogP contribution in [0.3, 0.4) is 0 Å². The van der Waals surface area contributed by atoms with Gasteiger partial charge < -0.3 is 10.6 Å². The average molecular weight is 386 g/mol. The van der Waals surface area contributed by atoms with Crippen LogP contribution in [0.2, 0.25) is 0 Å². The first-order chi connectivity index (χ1) is 13.6. The van der Waals surface area contributed by atoms with Crippen molar-refractivity contribution in [2.45, 2.75) is 58.4 Å². The molecule has 0 saturated carbocycles. The Labute approximate surface area is 168 Å². The highest BCUT2D eigenvalue weighted by atomic mass is 15.2. The van der Waals surface area contributed by atoms with E-state index in [1.807, 2.05) is 24.4 Å². The third-order valence-corrected chi connectivity index (χ3v) is 5.43. The van der Waals surface area contributed by atoms with E-state index in [1.165, 1.54) is 32.4 Å². The van der Waals surface area contributed by atoms with Gasteiger partial charge in [0, 0.05) is 31.2 Å². The third kappa shape index (κ3) is 5.44. The molecule has 2 N–H and O–H groups in total. The zero-order valence-electron chi connectivity index (χ0n) is 17.6. The van der Waals surface area contributed by atoms with Crippen molar-refractivity contribution in [3.8, 4) is 0 Å². The van der Waals surface area contributed by atoms with Crippen molar-refractivity contribution in [3.63, 3.8) is 0 Å². The number of rotatable bonds is 8. The summed E-state index contributed by atoms with van der Waals surface area (Å²) >= 11 is 0. The van der Waals surface area contributed by atoms with E-state index in [-0.39, 0.29) is 5.54 Å². The van der Waals surface area contributed by atoms with E-state index in [0.717, 1.165) is 49.9 Å². The van der Waals surface area contributed by atoms with Gasteiger partial charge in [-0.25, -0.2) is 0 Å². The van der Waals surface area contributed by atoms with Crippen LogP contribution in [0.4, 0.5) is 0 Å². The quantitative estimate of drug-likeness (QED) is 0.415. The predicted molar refractivity (Wildman–Crippen MR) is 115 cm³/mol. The van der Waals surface area contributed by atoms with E-state index < -0.39 is 0 Å². The fourth-order valence-electron chi connectivity index (χ4n) is 3.73. The Morgan fingerprint density at radius 1 is 1.14 bits per heavy atom. The van der Waals surface area contributed by atoms with Crippen LogP contribution in [0.1, 0.15) is 52.3 Å². The van der Waals surface area contributed by atoms with Gasteiger partial charge in [0.25, 0.3) is 0 Å². The second-order valence-corrected chi connectivity index (χ2v) is 8.13. The summed E-state index contributed by atoms with van der Waals surface area (Å²) in [4.78, 5) is 7.45. The van der Waals surface area contributed by atoms with Crippen molar-refractivity contribution >= 4 is 11.6 Å². The van der Waals surface area contributed by atoms with Gasteiger partial charge in [-0.3, -0.25) is 14.3 Å². The van der Waals surface area contributed by atoms with Crippen LogP contribution in [-0.2, 0) is 6.42 Å². The van der Waals surface area contributed by atoms with Crippen molar-refractivity contribution in [2.75, 3.05) is 32.7 Å². The second-order valence-electron chi connectivity index (χ2n) is 8.13. The Kier molecular flexibility index (Phi) is 7.25. The van der Waals surface area contributed by atoms with Crippen molar-refractivity contribution < 1.29 is 0 Å². The van der Waals surface area contributed by atoms with Crippen LogP contribution in [0.25, 0.3) is 5.65 Å². The third-order valence-electron chi connectivity index (χ3n) is 5.43. The fraction of sp³-hybridized carbons (Fsp3) is 0.667. The monoisotopic (exact) mass is 385 g/mol. The fourth-order valence-corrected chi connectivity index (χ4v) is 3.73. The normalized spacial score (nSPS) is 16.5. The predicted octanol–water partition coefficient (Wildman–Crippen LogP) is 2.48. The average Bonchev–Trinajstić information content (AvgIpc) is 3.13. The van der Waals surface area contributed by atoms with Crippen molar-refractivity contribution in [1.82, 2.24) is 30.1 Å². The second kappa shape index (κ2) is 9.87. The summed E-state index contributed by atoms with van der Waals surface area (Å²) in [5.41, 5.74) is 1.00. The number of aliphatic imine (C=N–C) groups is 1. The van der Waals surface area contributed by atoms with E-state index in [2.05, 4.69) is 50.9 Å². The van der Waals surface area contributed by atoms with Gasteiger partial charge in [0.1, 0.15) is 5.82 Å². The molecule has 3 rings (SSSR count). The molecule has 2 aromatic heterocycles. The lowest BCUT2D eigenvalue weighted by Gasteiger charge is -2.40. The molecule has 0 bridgehead atoms. The van der Waals surface area contributed by atoms with Gasteiger partial charge in [0.05, 0.1) is 6.54 Å². The van der Waals surface area contributed by atoms with Gasteiger partial charge in [0.15, 0.2) is 11.6 Å². The molecule has 1 aliphatic heterocycles. The van der Waals surface area contributed by atoms with E-state index >= 15 is 0 Å². The van der Waals surface area contributed by atoms with E-state index in [1.54, 1.807) is 0 Å². The summed E-state index contributed by atoms with van der Waals surface area (Å²) in [5.74, 6) is 1.91. The van der Waals surface area contributed by atoms with Gasteiger partial charge in [-0.05, 0) is 65.3 Å². The summed E-state index contributed by atoms with van der Waals surface area (Å²) < 4.78 is 2.06. The summed E-state index contributed by atoms with van der Waals surface area (Å²) in [5, 5.41) is 15.4. The lowest BCUT2D eigenvalue weighted by Crippen LogP contribution is -2.49. The van der Waals surface area contributed by atoms with Crippen molar-refractivity contribution in [1.29, 1.82) is 0 Å². The largest absolute Gasteiger partial charge is 0.357 e. The van der Waals surface area contributed by atoms with E-state index in [9.17, 15) is 0 Å². The standard InChI is InChI=1S/C21H35N7/c1-4-22-20(24-17-21(2,3)27-14-7-5-8-15-27)23-13-10-12-19-26-25-18-11-6-9-16-28(18)19/h6,9,11,16H,4-5,7-8,10,12-15,17H2,1-3H3,(H2,22,23,24). The summed E-state index contributed by atoms with van der Waals surface area (Å²) in [7, 11) is 0. The van der Waals surface area contributed by atoms with Crippen LogP contribution in [0.5, 0.6) is 0 Å².